The number of benzene rings is 2. The molecule has 1 aliphatic rings. The Kier molecular flexibility index (Phi) is 5.18. The summed E-state index contributed by atoms with van der Waals surface area (Å²) in [6.45, 7) is 3.83. The highest BCUT2D eigenvalue weighted by atomic mass is 35.5. The van der Waals surface area contributed by atoms with Crippen LogP contribution >= 0.6 is 11.6 Å². The number of halogens is 1. The van der Waals surface area contributed by atoms with E-state index in [4.69, 9.17) is 16.3 Å². The van der Waals surface area contributed by atoms with Crippen molar-refractivity contribution in [1.82, 2.24) is 0 Å². The van der Waals surface area contributed by atoms with Crippen LogP contribution in [0, 0.1) is 5.41 Å². The number of ether oxygens (including phenoxy) is 1. The Morgan fingerprint density at radius 3 is 2.23 bits per heavy atom. The van der Waals surface area contributed by atoms with Gasteiger partial charge in [0.1, 0.15) is 11.2 Å². The van der Waals surface area contributed by atoms with E-state index in [1.54, 1.807) is 36.4 Å². The van der Waals surface area contributed by atoms with Gasteiger partial charge in [0.2, 0.25) is 11.8 Å². The Balaban J connectivity index is 1.71. The van der Waals surface area contributed by atoms with Gasteiger partial charge in [-0.05, 0) is 63.1 Å². The van der Waals surface area contributed by atoms with Crippen LogP contribution in [-0.4, -0.2) is 17.9 Å². The lowest BCUT2D eigenvalue weighted by Gasteiger charge is -2.18. The fourth-order valence-corrected chi connectivity index (χ4v) is 2.76. The molecule has 0 saturated heterocycles. The molecule has 2 amide bonds. The molecule has 2 aromatic carbocycles. The lowest BCUT2D eigenvalue weighted by molar-refractivity contribution is -0.131. The van der Waals surface area contributed by atoms with E-state index in [1.165, 1.54) is 0 Å². The van der Waals surface area contributed by atoms with Crippen molar-refractivity contribution >= 4 is 34.8 Å². The number of hydrogen-bond donors (Lipinski definition) is 2. The maximum Gasteiger partial charge on any atom is 0.240 e. The molecule has 1 saturated carbocycles. The molecule has 136 valence electrons. The fraction of sp³-hybridized carbons (Fsp3) is 0.300. The standard InChI is InChI=1S/C20H21ClN2O3/c1-13(2)26-17-6-4-3-5-16(17)23-19(25)20(11-12-20)18(24)22-15-9-7-14(21)8-10-15/h3-10,13H,11-12H2,1-2H3,(H,22,24)(H,23,25). The van der Waals surface area contributed by atoms with Crippen molar-refractivity contribution in [3.8, 4) is 5.75 Å². The van der Waals surface area contributed by atoms with E-state index < -0.39 is 5.41 Å². The zero-order chi connectivity index (χ0) is 18.7. The van der Waals surface area contributed by atoms with E-state index in [-0.39, 0.29) is 17.9 Å². The first kappa shape index (κ1) is 18.3. The SMILES string of the molecule is CC(C)Oc1ccccc1NC(=O)C1(C(=O)Nc2ccc(Cl)cc2)CC1. The number of rotatable bonds is 6. The van der Waals surface area contributed by atoms with Crippen molar-refractivity contribution in [3.63, 3.8) is 0 Å². The first-order valence-electron chi connectivity index (χ1n) is 8.55. The number of nitrogens with one attached hydrogen (secondary N) is 2. The van der Waals surface area contributed by atoms with Crippen LogP contribution in [0.25, 0.3) is 0 Å². The maximum atomic E-state index is 12.8. The Bertz CT molecular complexity index is 814. The number of para-hydroxylation sites is 2. The summed E-state index contributed by atoms with van der Waals surface area (Å²) in [6, 6.07) is 14.0. The minimum absolute atomic E-state index is 0.0175. The molecular formula is C20H21ClN2O3. The molecule has 1 aliphatic carbocycles. The normalized spacial score (nSPS) is 14.6. The van der Waals surface area contributed by atoms with Crippen LogP contribution in [0.5, 0.6) is 5.75 Å². The van der Waals surface area contributed by atoms with E-state index in [9.17, 15) is 9.59 Å². The van der Waals surface area contributed by atoms with Crippen LogP contribution in [0.2, 0.25) is 5.02 Å². The number of carbonyl (C=O) groups excluding carboxylic acids is 2. The largest absolute Gasteiger partial charge is 0.489 e. The van der Waals surface area contributed by atoms with Crippen molar-refractivity contribution in [2.24, 2.45) is 5.41 Å². The lowest BCUT2D eigenvalue weighted by atomic mass is 10.0. The quantitative estimate of drug-likeness (QED) is 0.734. The predicted molar refractivity (Wildman–Crippen MR) is 103 cm³/mol. The van der Waals surface area contributed by atoms with Gasteiger partial charge >= 0.3 is 0 Å². The number of amides is 2. The van der Waals surface area contributed by atoms with Gasteiger partial charge in [-0.15, -0.1) is 0 Å². The number of anilines is 2. The van der Waals surface area contributed by atoms with Crippen LogP contribution in [0.4, 0.5) is 11.4 Å². The first-order chi connectivity index (χ1) is 12.4. The summed E-state index contributed by atoms with van der Waals surface area (Å²) < 4.78 is 5.72. The van der Waals surface area contributed by atoms with E-state index >= 15 is 0 Å². The summed E-state index contributed by atoms with van der Waals surface area (Å²) in [5.41, 5.74) is 0.142. The zero-order valence-electron chi connectivity index (χ0n) is 14.7. The molecule has 5 nitrogen and oxygen atoms in total. The summed E-state index contributed by atoms with van der Waals surface area (Å²) in [5, 5.41) is 6.23. The van der Waals surface area contributed by atoms with E-state index in [0.29, 0.717) is 35.0 Å². The second-order valence-corrected chi connectivity index (χ2v) is 7.10. The van der Waals surface area contributed by atoms with Crippen molar-refractivity contribution in [2.75, 3.05) is 10.6 Å². The van der Waals surface area contributed by atoms with Gasteiger partial charge in [0.15, 0.2) is 0 Å². The first-order valence-corrected chi connectivity index (χ1v) is 8.93. The summed E-state index contributed by atoms with van der Waals surface area (Å²) >= 11 is 5.85. The second-order valence-electron chi connectivity index (χ2n) is 6.66. The van der Waals surface area contributed by atoms with Gasteiger partial charge in [-0.3, -0.25) is 9.59 Å². The van der Waals surface area contributed by atoms with Crippen molar-refractivity contribution in [3.05, 3.63) is 53.6 Å². The Morgan fingerprint density at radius 2 is 1.62 bits per heavy atom. The molecular weight excluding hydrogens is 352 g/mol. The predicted octanol–water partition coefficient (Wildman–Crippen LogP) is 4.48. The number of carbonyl (C=O) groups is 2. The zero-order valence-corrected chi connectivity index (χ0v) is 15.5. The van der Waals surface area contributed by atoms with Crippen LogP contribution in [0.1, 0.15) is 26.7 Å². The fourth-order valence-electron chi connectivity index (χ4n) is 2.63. The average molecular weight is 373 g/mol. The summed E-state index contributed by atoms with van der Waals surface area (Å²) in [5.74, 6) is -0.0342. The van der Waals surface area contributed by atoms with Crippen LogP contribution in [0.3, 0.4) is 0 Å². The van der Waals surface area contributed by atoms with Crippen LogP contribution in [0.15, 0.2) is 48.5 Å². The molecule has 6 heteroatoms. The molecule has 0 spiro atoms. The van der Waals surface area contributed by atoms with Crippen molar-refractivity contribution in [1.29, 1.82) is 0 Å². The van der Waals surface area contributed by atoms with E-state index in [0.717, 1.165) is 0 Å². The van der Waals surface area contributed by atoms with Gasteiger partial charge in [0.05, 0.1) is 11.8 Å². The minimum atomic E-state index is -1.04. The molecule has 0 unspecified atom stereocenters. The molecule has 2 aromatic rings. The van der Waals surface area contributed by atoms with Gasteiger partial charge < -0.3 is 15.4 Å². The molecule has 0 heterocycles. The highest BCUT2D eigenvalue weighted by molar-refractivity contribution is 6.30. The molecule has 0 bridgehead atoms. The van der Waals surface area contributed by atoms with Crippen molar-refractivity contribution in [2.45, 2.75) is 32.8 Å². The molecule has 0 radical (unpaired) electrons. The molecule has 0 atom stereocenters. The summed E-state index contributed by atoms with van der Waals surface area (Å²) in [4.78, 5) is 25.4. The van der Waals surface area contributed by atoms with E-state index in [2.05, 4.69) is 10.6 Å². The molecule has 2 N–H and O–H groups in total. The minimum Gasteiger partial charge on any atom is -0.489 e. The summed E-state index contributed by atoms with van der Waals surface area (Å²) in [6.07, 6.45) is 1.02. The highest BCUT2D eigenvalue weighted by Crippen LogP contribution is 2.48. The Labute approximate surface area is 157 Å². The molecule has 26 heavy (non-hydrogen) atoms. The number of hydrogen-bond acceptors (Lipinski definition) is 3. The third-order valence-corrected chi connectivity index (χ3v) is 4.47. The van der Waals surface area contributed by atoms with Crippen LogP contribution in [-0.2, 0) is 9.59 Å². The van der Waals surface area contributed by atoms with Gasteiger partial charge in [-0.1, -0.05) is 23.7 Å². The van der Waals surface area contributed by atoms with Gasteiger partial charge in [0.25, 0.3) is 0 Å². The van der Waals surface area contributed by atoms with Crippen LogP contribution < -0.4 is 15.4 Å². The maximum absolute atomic E-state index is 12.8. The topological polar surface area (TPSA) is 67.4 Å². The third-order valence-electron chi connectivity index (χ3n) is 4.22. The Morgan fingerprint density at radius 1 is 1.00 bits per heavy atom. The smallest absolute Gasteiger partial charge is 0.240 e. The Hall–Kier alpha value is -2.53. The monoisotopic (exact) mass is 372 g/mol. The lowest BCUT2D eigenvalue weighted by Crippen LogP contribution is -2.35. The van der Waals surface area contributed by atoms with E-state index in [1.807, 2.05) is 26.0 Å². The van der Waals surface area contributed by atoms with Crippen molar-refractivity contribution < 1.29 is 14.3 Å². The average Bonchev–Trinajstić information content (AvgIpc) is 3.40. The highest BCUT2D eigenvalue weighted by Gasteiger charge is 2.56. The second kappa shape index (κ2) is 7.38. The van der Waals surface area contributed by atoms with Gasteiger partial charge in [0, 0.05) is 10.7 Å². The third kappa shape index (κ3) is 3.99. The van der Waals surface area contributed by atoms with Gasteiger partial charge in [-0.2, -0.15) is 0 Å². The summed E-state index contributed by atoms with van der Waals surface area (Å²) in [7, 11) is 0. The molecule has 0 aromatic heterocycles. The molecule has 3 rings (SSSR count). The van der Waals surface area contributed by atoms with Gasteiger partial charge in [-0.25, -0.2) is 0 Å². The molecule has 0 aliphatic heterocycles. The molecule has 1 fully saturated rings.